The number of aromatic nitrogens is 4. The minimum atomic E-state index is -3.59. The summed E-state index contributed by atoms with van der Waals surface area (Å²) in [5.41, 5.74) is 6.82. The molecule has 35 heavy (non-hydrogen) atoms. The van der Waals surface area contributed by atoms with Gasteiger partial charge in [-0.25, -0.2) is 4.98 Å². The predicted molar refractivity (Wildman–Crippen MR) is 140 cm³/mol. The summed E-state index contributed by atoms with van der Waals surface area (Å²) in [6.07, 6.45) is 0.885. The van der Waals surface area contributed by atoms with Crippen LogP contribution in [-0.2, 0) is 29.3 Å². The maximum atomic E-state index is 13.9. The van der Waals surface area contributed by atoms with Gasteiger partial charge in [0.1, 0.15) is 5.52 Å². The molecule has 2 aromatic rings. The molecule has 0 radical (unpaired) electrons. The molecule has 198 valence electrons. The van der Waals surface area contributed by atoms with Crippen LogP contribution in [0.15, 0.2) is 6.33 Å². The van der Waals surface area contributed by atoms with Crippen LogP contribution in [0.2, 0.25) is 23.3 Å². The second-order valence-corrected chi connectivity index (χ2v) is 18.3. The first-order valence-electron chi connectivity index (χ1n) is 12.0. The summed E-state index contributed by atoms with van der Waals surface area (Å²) in [6.45, 7) is 18.6. The highest BCUT2D eigenvalue weighted by Gasteiger charge is 2.51. The number of nitrogens with zero attached hydrogens (tertiary/aromatic N) is 4. The zero-order chi connectivity index (χ0) is 26.3. The Morgan fingerprint density at radius 2 is 1.83 bits per heavy atom. The maximum absolute atomic E-state index is 13.9. The molecular weight excluding hydrogens is 509 g/mol. The molecule has 0 bridgehead atoms. The van der Waals surface area contributed by atoms with Crippen molar-refractivity contribution in [2.75, 3.05) is 5.73 Å². The van der Waals surface area contributed by atoms with E-state index in [-0.39, 0.29) is 34.3 Å². The number of hydrogen-bond donors (Lipinski definition) is 1. The predicted octanol–water partition coefficient (Wildman–Crippen LogP) is 5.82. The Morgan fingerprint density at radius 1 is 1.23 bits per heavy atom. The molecule has 13 heteroatoms. The van der Waals surface area contributed by atoms with Gasteiger partial charge in [-0.2, -0.15) is 9.97 Å². The van der Waals surface area contributed by atoms with Crippen LogP contribution < -0.4 is 5.73 Å². The monoisotopic (exact) mass is 547 g/mol. The van der Waals surface area contributed by atoms with E-state index in [9.17, 15) is 4.57 Å². The smallest absolute Gasteiger partial charge is 0.359 e. The van der Waals surface area contributed by atoms with E-state index in [1.807, 2.05) is 32.3 Å². The number of anilines is 1. The molecule has 1 aliphatic heterocycles. The molecule has 1 saturated heterocycles. The molecule has 0 aliphatic carbocycles. The summed E-state index contributed by atoms with van der Waals surface area (Å²) >= 11 is 6.22. The third-order valence-electron chi connectivity index (χ3n) is 6.34. The number of fused-ring (bicyclic) bond motifs is 1. The summed E-state index contributed by atoms with van der Waals surface area (Å²) in [4.78, 5) is 12.7. The number of ether oxygens (including phenoxy) is 1. The van der Waals surface area contributed by atoms with Gasteiger partial charge in [0, 0.05) is 12.5 Å². The Hall–Kier alpha value is -1.07. The van der Waals surface area contributed by atoms with E-state index in [0.717, 1.165) is 0 Å². The molecule has 2 aromatic heterocycles. The number of halogens is 1. The van der Waals surface area contributed by atoms with Crippen LogP contribution in [0.25, 0.3) is 11.2 Å². The second kappa shape index (κ2) is 10.4. The van der Waals surface area contributed by atoms with E-state index in [2.05, 4.69) is 48.8 Å². The molecule has 1 aliphatic rings. The molecule has 0 spiro atoms. The van der Waals surface area contributed by atoms with E-state index in [4.69, 9.17) is 35.5 Å². The van der Waals surface area contributed by atoms with Crippen molar-refractivity contribution in [2.45, 2.75) is 104 Å². The normalized spacial score (nSPS) is 22.1. The average Bonchev–Trinajstić information content (AvgIpc) is 3.24. The van der Waals surface area contributed by atoms with Gasteiger partial charge in [0.25, 0.3) is 0 Å². The van der Waals surface area contributed by atoms with Gasteiger partial charge in [-0.3, -0.25) is 4.57 Å². The lowest BCUT2D eigenvalue weighted by atomic mass is 10.1. The fourth-order valence-electron chi connectivity index (χ4n) is 3.71. The fourth-order valence-corrected chi connectivity index (χ4v) is 7.40. The second-order valence-electron chi connectivity index (χ2n) is 11.1. The van der Waals surface area contributed by atoms with Gasteiger partial charge in [0.05, 0.1) is 18.5 Å². The zero-order valence-corrected chi connectivity index (χ0v) is 24.8. The van der Waals surface area contributed by atoms with E-state index < -0.39 is 28.0 Å². The van der Waals surface area contributed by atoms with Crippen molar-refractivity contribution >= 4 is 44.6 Å². The third kappa shape index (κ3) is 6.44. The molecule has 10 nitrogen and oxygen atoms in total. The SMILES string of the molecule is CC(C)OP(=O)(OC(C)C)[C@H]1C[C@@H](Cn2cnc3c(Cl)nc(N)nc32)[C@@H](O[Si](C)(C)C(C)(C)C)O1. The zero-order valence-electron chi connectivity index (χ0n) is 22.1. The molecule has 0 saturated carbocycles. The molecule has 0 aromatic carbocycles. The first-order chi connectivity index (χ1) is 16.0. The molecule has 0 amide bonds. The lowest BCUT2D eigenvalue weighted by Gasteiger charge is -2.39. The molecule has 3 atom stereocenters. The Balaban J connectivity index is 1.97. The van der Waals surface area contributed by atoms with Crippen molar-refractivity contribution in [1.82, 2.24) is 19.5 Å². The minimum absolute atomic E-state index is 0.0392. The molecule has 2 N–H and O–H groups in total. The third-order valence-corrected chi connectivity index (χ3v) is 13.5. The van der Waals surface area contributed by atoms with Crippen molar-refractivity contribution in [3.05, 3.63) is 11.5 Å². The number of imidazole rings is 1. The van der Waals surface area contributed by atoms with Gasteiger partial charge in [-0.1, -0.05) is 32.4 Å². The summed E-state index contributed by atoms with van der Waals surface area (Å²) in [5, 5.41) is 0.156. The van der Waals surface area contributed by atoms with Gasteiger partial charge in [0.15, 0.2) is 31.3 Å². The topological polar surface area (TPSA) is 124 Å². The number of nitrogen functional groups attached to an aromatic ring is 1. The van der Waals surface area contributed by atoms with E-state index in [1.165, 1.54) is 0 Å². The minimum Gasteiger partial charge on any atom is -0.392 e. The van der Waals surface area contributed by atoms with Gasteiger partial charge in [0.2, 0.25) is 5.95 Å². The van der Waals surface area contributed by atoms with Crippen molar-refractivity contribution in [2.24, 2.45) is 5.92 Å². The van der Waals surface area contributed by atoms with E-state index >= 15 is 0 Å². The summed E-state index contributed by atoms with van der Waals surface area (Å²) in [7, 11) is -5.82. The molecule has 1 fully saturated rings. The van der Waals surface area contributed by atoms with Crippen LogP contribution in [0.5, 0.6) is 0 Å². The van der Waals surface area contributed by atoms with Crippen LogP contribution >= 0.6 is 19.2 Å². The van der Waals surface area contributed by atoms with Crippen LogP contribution in [-0.4, -0.2) is 52.2 Å². The van der Waals surface area contributed by atoms with Crippen molar-refractivity contribution in [1.29, 1.82) is 0 Å². The van der Waals surface area contributed by atoms with Crippen LogP contribution in [0.1, 0.15) is 54.9 Å². The lowest BCUT2D eigenvalue weighted by Crippen LogP contribution is -2.45. The van der Waals surface area contributed by atoms with Gasteiger partial charge in [-0.05, 0) is 52.2 Å². The van der Waals surface area contributed by atoms with Crippen molar-refractivity contribution in [3.63, 3.8) is 0 Å². The average molecular weight is 548 g/mol. The van der Waals surface area contributed by atoms with Crippen LogP contribution in [0, 0.1) is 5.92 Å². The Labute approximate surface area is 213 Å². The van der Waals surface area contributed by atoms with Gasteiger partial charge >= 0.3 is 7.60 Å². The first kappa shape index (κ1) is 28.5. The summed E-state index contributed by atoms with van der Waals surface area (Å²) in [6, 6.07) is 0. The molecule has 3 heterocycles. The first-order valence-corrected chi connectivity index (χ1v) is 16.9. The highest BCUT2D eigenvalue weighted by Crippen LogP contribution is 2.60. The van der Waals surface area contributed by atoms with Gasteiger partial charge < -0.3 is 28.5 Å². The largest absolute Gasteiger partial charge is 0.392 e. The number of nitrogens with two attached hydrogens (primary N) is 1. The van der Waals surface area contributed by atoms with E-state index in [0.29, 0.717) is 24.1 Å². The van der Waals surface area contributed by atoms with Crippen LogP contribution in [0.4, 0.5) is 5.95 Å². The standard InChI is InChI=1S/C22H39ClN5O5PSi/c1-13(2)31-34(29,32-14(3)4)16-10-15(20(30-16)33-35(8,9)22(5,6)7)11-28-12-25-17-18(23)26-21(24)27-19(17)28/h12-16,20H,10-11H2,1-9H3,(H2,24,26,27)/t15-,16-,20+/m0/s1. The maximum Gasteiger partial charge on any atom is 0.359 e. The summed E-state index contributed by atoms with van der Waals surface area (Å²) in [5.74, 6) is -0.856. The quantitative estimate of drug-likeness (QED) is 0.235. The lowest BCUT2D eigenvalue weighted by molar-refractivity contribution is -0.0893. The van der Waals surface area contributed by atoms with Crippen LogP contribution in [0.3, 0.4) is 0 Å². The van der Waals surface area contributed by atoms with Crippen molar-refractivity contribution in [3.8, 4) is 0 Å². The molecular formula is C22H39ClN5O5PSi. The number of hydrogen-bond acceptors (Lipinski definition) is 9. The highest BCUT2D eigenvalue weighted by molar-refractivity contribution is 7.54. The summed E-state index contributed by atoms with van der Waals surface area (Å²) < 4.78 is 40.5. The van der Waals surface area contributed by atoms with Gasteiger partial charge in [-0.15, -0.1) is 0 Å². The number of rotatable bonds is 9. The van der Waals surface area contributed by atoms with E-state index in [1.54, 1.807) is 6.33 Å². The Morgan fingerprint density at radius 3 is 2.37 bits per heavy atom. The Bertz CT molecular complexity index is 1080. The molecule has 3 rings (SSSR count). The highest BCUT2D eigenvalue weighted by atomic mass is 35.5. The fraction of sp³-hybridized carbons (Fsp3) is 0.773. The Kier molecular flexibility index (Phi) is 8.43. The molecule has 0 unspecified atom stereocenters. The van der Waals surface area contributed by atoms with Crippen molar-refractivity contribution < 1.29 is 22.8 Å².